The van der Waals surface area contributed by atoms with E-state index in [2.05, 4.69) is 15.4 Å². The monoisotopic (exact) mass is 310 g/mol. The first-order valence-electron chi connectivity index (χ1n) is 7.01. The number of fused-ring (bicyclic) bond motifs is 2. The zero-order chi connectivity index (χ0) is 14.6. The van der Waals surface area contributed by atoms with Gasteiger partial charge in [0.1, 0.15) is 11.8 Å². The molecule has 0 amide bonds. The lowest BCUT2D eigenvalue weighted by atomic mass is 9.64. The van der Waals surface area contributed by atoms with E-state index < -0.39 is 5.97 Å². The molecule has 1 aromatic rings. The van der Waals surface area contributed by atoms with Crippen molar-refractivity contribution in [3.05, 3.63) is 17.0 Å². The second-order valence-electron chi connectivity index (χ2n) is 5.98. The number of halogens is 1. The molecular formula is C13H15ClN4O3. The minimum atomic E-state index is -1.08. The average Bonchev–Trinajstić information content (AvgIpc) is 2.44. The van der Waals surface area contributed by atoms with Crippen LogP contribution in [0.2, 0.25) is 5.28 Å². The van der Waals surface area contributed by atoms with Gasteiger partial charge in [-0.3, -0.25) is 5.43 Å². The number of aromatic nitrogens is 2. The van der Waals surface area contributed by atoms with Gasteiger partial charge in [-0.1, -0.05) is 0 Å². The number of nitrogens with one attached hydrogen (secondary N) is 1. The fraction of sp³-hybridized carbons (Fsp3) is 0.615. The first-order chi connectivity index (χ1) is 10.1. The largest absolute Gasteiger partial charge is 0.477 e. The Kier molecular flexibility index (Phi) is 2.85. The molecule has 1 saturated carbocycles. The highest BCUT2D eigenvalue weighted by atomic mass is 35.5. The summed E-state index contributed by atoms with van der Waals surface area (Å²) in [6.45, 7) is 0.791. The number of hydrazine groups is 1. The van der Waals surface area contributed by atoms with E-state index in [9.17, 15) is 9.90 Å². The van der Waals surface area contributed by atoms with Gasteiger partial charge >= 0.3 is 5.97 Å². The van der Waals surface area contributed by atoms with Crippen LogP contribution in [0.3, 0.4) is 0 Å². The van der Waals surface area contributed by atoms with Gasteiger partial charge in [0.15, 0.2) is 5.82 Å². The number of anilines is 1. The quantitative estimate of drug-likeness (QED) is 0.822. The van der Waals surface area contributed by atoms with E-state index in [1.165, 1.54) is 19.0 Å². The molecule has 8 heteroatoms. The van der Waals surface area contributed by atoms with Gasteiger partial charge in [0.2, 0.25) is 5.28 Å². The highest BCUT2D eigenvalue weighted by Crippen LogP contribution is 2.54. The zero-order valence-corrected chi connectivity index (χ0v) is 12.0. The van der Waals surface area contributed by atoms with E-state index in [0.717, 1.165) is 19.4 Å². The Hall–Kier alpha value is -1.44. The molecule has 3 aliphatic heterocycles. The molecule has 0 aromatic carbocycles. The molecule has 1 atom stereocenters. The smallest absolute Gasteiger partial charge is 0.341 e. The normalized spacial score (nSPS) is 34.1. The van der Waals surface area contributed by atoms with Gasteiger partial charge < -0.3 is 9.84 Å². The molecule has 0 radical (unpaired) electrons. The van der Waals surface area contributed by atoms with Crippen LogP contribution >= 0.6 is 11.6 Å². The van der Waals surface area contributed by atoms with Crippen molar-refractivity contribution in [2.45, 2.75) is 38.0 Å². The van der Waals surface area contributed by atoms with Gasteiger partial charge in [-0.05, 0) is 37.3 Å². The minimum absolute atomic E-state index is 0.000357. The van der Waals surface area contributed by atoms with Crippen LogP contribution in [-0.2, 0) is 4.74 Å². The van der Waals surface area contributed by atoms with Crippen molar-refractivity contribution < 1.29 is 14.6 Å². The van der Waals surface area contributed by atoms with Crippen LogP contribution in [0.15, 0.2) is 6.20 Å². The number of carboxylic acid groups (broad SMARTS) is 1. The summed E-state index contributed by atoms with van der Waals surface area (Å²) in [5.74, 6) is -0.860. The van der Waals surface area contributed by atoms with Crippen molar-refractivity contribution in [2.24, 2.45) is 5.41 Å². The van der Waals surface area contributed by atoms with Crippen molar-refractivity contribution in [3.63, 3.8) is 0 Å². The number of nitrogens with zero attached hydrogens (tertiary/aromatic N) is 3. The predicted molar refractivity (Wildman–Crippen MR) is 73.9 cm³/mol. The summed E-state index contributed by atoms with van der Waals surface area (Å²) < 4.78 is 5.71. The van der Waals surface area contributed by atoms with Gasteiger partial charge in [0.25, 0.3) is 0 Å². The Morgan fingerprint density at radius 1 is 1.52 bits per heavy atom. The van der Waals surface area contributed by atoms with Crippen LogP contribution in [0, 0.1) is 5.41 Å². The van der Waals surface area contributed by atoms with E-state index in [0.29, 0.717) is 6.04 Å². The van der Waals surface area contributed by atoms with E-state index in [1.54, 1.807) is 0 Å². The predicted octanol–water partition coefficient (Wildman–Crippen LogP) is 1.76. The highest BCUT2D eigenvalue weighted by molar-refractivity contribution is 6.28. The number of hydrogen-bond acceptors (Lipinski definition) is 6. The summed E-state index contributed by atoms with van der Waals surface area (Å²) in [6, 6.07) is 0.340. The first-order valence-corrected chi connectivity index (χ1v) is 7.39. The molecule has 4 heterocycles. The number of piperidine rings is 2. The van der Waals surface area contributed by atoms with Crippen molar-refractivity contribution in [1.29, 1.82) is 0 Å². The fourth-order valence-electron chi connectivity index (χ4n) is 3.68. The molecule has 5 rings (SSSR count). The third kappa shape index (κ3) is 1.91. The molecule has 1 unspecified atom stereocenters. The number of carboxylic acids is 1. The summed E-state index contributed by atoms with van der Waals surface area (Å²) in [7, 11) is 0. The maximum atomic E-state index is 11.3. The van der Waals surface area contributed by atoms with Gasteiger partial charge in [-0.15, -0.1) is 0 Å². The lowest BCUT2D eigenvalue weighted by molar-refractivity contribution is -0.304. The second kappa shape index (κ2) is 4.53. The topological polar surface area (TPSA) is 87.6 Å². The molecule has 7 nitrogen and oxygen atoms in total. The van der Waals surface area contributed by atoms with Crippen molar-refractivity contribution in [3.8, 4) is 0 Å². The van der Waals surface area contributed by atoms with Gasteiger partial charge in [0, 0.05) is 17.7 Å². The molecule has 2 N–H and O–H groups in total. The summed E-state index contributed by atoms with van der Waals surface area (Å²) >= 11 is 5.79. The SMILES string of the molecule is O=C(O)c1cnc(Cl)nc1NN1C2CCC3(CC2)COC13. The molecule has 1 aromatic heterocycles. The molecule has 2 bridgehead atoms. The Bertz CT molecular complexity index is 603. The number of rotatable bonds is 3. The first kappa shape index (κ1) is 13.2. The van der Waals surface area contributed by atoms with Crippen LogP contribution in [0.25, 0.3) is 0 Å². The van der Waals surface area contributed by atoms with Crippen molar-refractivity contribution in [1.82, 2.24) is 15.0 Å². The highest BCUT2D eigenvalue weighted by Gasteiger charge is 2.59. The summed E-state index contributed by atoms with van der Waals surface area (Å²) in [4.78, 5) is 19.0. The fourth-order valence-corrected chi connectivity index (χ4v) is 3.81. The average molecular weight is 311 g/mol. The van der Waals surface area contributed by atoms with Crippen LogP contribution in [-0.4, -0.2) is 44.9 Å². The zero-order valence-electron chi connectivity index (χ0n) is 11.3. The van der Waals surface area contributed by atoms with Crippen molar-refractivity contribution >= 4 is 23.4 Å². The Morgan fingerprint density at radius 2 is 2.29 bits per heavy atom. The van der Waals surface area contributed by atoms with Gasteiger partial charge in [0.05, 0.1) is 6.61 Å². The standard InChI is InChI=1S/C13H15ClN4O3/c14-12-15-5-8(10(19)20)9(16-12)17-18-7-1-3-13(4-2-7)6-21-11(13)18/h5,7,11H,1-4,6H2,(H,19,20)(H,15,16,17). The number of aromatic carboxylic acids is 1. The van der Waals surface area contributed by atoms with E-state index in [1.807, 2.05) is 5.01 Å². The molecular weight excluding hydrogens is 296 g/mol. The van der Waals surface area contributed by atoms with Crippen LogP contribution in [0.5, 0.6) is 0 Å². The molecule has 1 spiro atoms. The van der Waals surface area contributed by atoms with Crippen molar-refractivity contribution in [2.75, 3.05) is 12.0 Å². The Labute approximate surface area is 126 Å². The molecule has 1 aliphatic carbocycles. The van der Waals surface area contributed by atoms with E-state index in [-0.39, 0.29) is 28.3 Å². The van der Waals surface area contributed by atoms with Crippen LogP contribution in [0.4, 0.5) is 5.82 Å². The number of hydrogen-bond donors (Lipinski definition) is 2. The Morgan fingerprint density at radius 3 is 2.90 bits per heavy atom. The minimum Gasteiger partial charge on any atom is -0.477 e. The maximum absolute atomic E-state index is 11.3. The second-order valence-corrected chi connectivity index (χ2v) is 6.32. The lowest BCUT2D eigenvalue weighted by Crippen LogP contribution is -2.71. The molecule has 3 saturated heterocycles. The lowest BCUT2D eigenvalue weighted by Gasteiger charge is -2.63. The van der Waals surface area contributed by atoms with E-state index in [4.69, 9.17) is 16.3 Å². The molecule has 4 fully saturated rings. The molecule has 112 valence electrons. The summed E-state index contributed by atoms with van der Waals surface area (Å²) in [6.07, 6.45) is 5.76. The maximum Gasteiger partial charge on any atom is 0.341 e. The Balaban J connectivity index is 1.64. The molecule has 21 heavy (non-hydrogen) atoms. The van der Waals surface area contributed by atoms with Crippen LogP contribution < -0.4 is 5.43 Å². The number of ether oxygens (including phenoxy) is 1. The van der Waals surface area contributed by atoms with Crippen LogP contribution in [0.1, 0.15) is 36.0 Å². The molecule has 4 aliphatic rings. The third-order valence-electron chi connectivity index (χ3n) is 4.87. The number of carbonyl (C=O) groups is 1. The van der Waals surface area contributed by atoms with Gasteiger partial charge in [-0.25, -0.2) is 9.78 Å². The summed E-state index contributed by atoms with van der Waals surface area (Å²) in [5, 5.41) is 11.3. The third-order valence-corrected chi connectivity index (χ3v) is 5.06. The van der Waals surface area contributed by atoms with Gasteiger partial charge in [-0.2, -0.15) is 9.99 Å². The van der Waals surface area contributed by atoms with E-state index >= 15 is 0 Å². The summed E-state index contributed by atoms with van der Waals surface area (Å²) in [5.41, 5.74) is 3.35.